The van der Waals surface area contributed by atoms with Crippen molar-refractivity contribution < 1.29 is 9.59 Å². The first-order chi connectivity index (χ1) is 13.9. The Kier molecular flexibility index (Phi) is 4.92. The van der Waals surface area contributed by atoms with Crippen LogP contribution in [-0.2, 0) is 17.8 Å². The van der Waals surface area contributed by atoms with Crippen molar-refractivity contribution in [2.24, 2.45) is 5.73 Å². The minimum atomic E-state index is -0.454. The van der Waals surface area contributed by atoms with Gasteiger partial charge in [-0.05, 0) is 26.0 Å². The van der Waals surface area contributed by atoms with E-state index in [9.17, 15) is 9.59 Å². The summed E-state index contributed by atoms with van der Waals surface area (Å²) in [5.74, 6) is 1.32. The molecule has 0 aliphatic carbocycles. The van der Waals surface area contributed by atoms with Gasteiger partial charge in [0.2, 0.25) is 11.8 Å². The van der Waals surface area contributed by atoms with E-state index < -0.39 is 5.91 Å². The number of carbonyl (C=O) groups is 2. The number of hydrogen-bond donors (Lipinski definition) is 2. The first kappa shape index (κ1) is 18.9. The van der Waals surface area contributed by atoms with E-state index in [1.54, 1.807) is 18.3 Å². The molecule has 1 aliphatic heterocycles. The van der Waals surface area contributed by atoms with E-state index in [0.29, 0.717) is 25.1 Å². The lowest BCUT2D eigenvalue weighted by Crippen LogP contribution is -2.37. The number of aryl methyl sites for hydroxylation is 1. The van der Waals surface area contributed by atoms with Crippen molar-refractivity contribution in [3.63, 3.8) is 0 Å². The van der Waals surface area contributed by atoms with E-state index >= 15 is 0 Å². The highest BCUT2D eigenvalue weighted by Gasteiger charge is 2.25. The minimum Gasteiger partial charge on any atom is -0.366 e. The summed E-state index contributed by atoms with van der Waals surface area (Å²) in [7, 11) is 0. The second kappa shape index (κ2) is 7.54. The molecule has 0 radical (unpaired) electrons. The fourth-order valence-electron chi connectivity index (χ4n) is 3.77. The lowest BCUT2D eigenvalue weighted by atomic mass is 10.1. The van der Waals surface area contributed by atoms with Crippen LogP contribution in [-0.4, -0.2) is 42.8 Å². The average molecular weight is 392 g/mol. The SMILES string of the molecule is Cc1nccn1[C@@H](C)CC(=O)N1CCc2nc(-c3ccc(C(N)=O)cc3)[nH]c2C1. The van der Waals surface area contributed by atoms with Crippen LogP contribution in [0.1, 0.15) is 47.0 Å². The van der Waals surface area contributed by atoms with Gasteiger partial charge in [-0.2, -0.15) is 0 Å². The molecule has 0 saturated heterocycles. The van der Waals surface area contributed by atoms with E-state index in [0.717, 1.165) is 35.0 Å². The van der Waals surface area contributed by atoms with Gasteiger partial charge in [0.15, 0.2) is 0 Å². The highest BCUT2D eigenvalue weighted by Crippen LogP contribution is 2.24. The van der Waals surface area contributed by atoms with Crippen molar-refractivity contribution in [3.8, 4) is 11.4 Å². The topological polar surface area (TPSA) is 110 Å². The summed E-state index contributed by atoms with van der Waals surface area (Å²) >= 11 is 0. The van der Waals surface area contributed by atoms with E-state index in [1.807, 2.05) is 41.6 Å². The smallest absolute Gasteiger partial charge is 0.248 e. The van der Waals surface area contributed by atoms with Crippen molar-refractivity contribution in [3.05, 3.63) is 59.4 Å². The maximum absolute atomic E-state index is 12.8. The number of benzene rings is 1. The zero-order valence-electron chi connectivity index (χ0n) is 16.6. The number of nitrogens with two attached hydrogens (primary N) is 1. The van der Waals surface area contributed by atoms with Crippen LogP contribution in [0.15, 0.2) is 36.7 Å². The maximum Gasteiger partial charge on any atom is 0.248 e. The largest absolute Gasteiger partial charge is 0.366 e. The van der Waals surface area contributed by atoms with Crippen LogP contribution in [0.4, 0.5) is 0 Å². The Labute approximate surface area is 168 Å². The molecule has 0 spiro atoms. The van der Waals surface area contributed by atoms with Crippen LogP contribution in [0.5, 0.6) is 0 Å². The number of hydrogen-bond acceptors (Lipinski definition) is 4. The van der Waals surface area contributed by atoms with E-state index in [4.69, 9.17) is 5.73 Å². The molecule has 1 aliphatic rings. The Hall–Kier alpha value is -3.42. The quantitative estimate of drug-likeness (QED) is 0.694. The molecule has 8 heteroatoms. The molecule has 4 rings (SSSR count). The van der Waals surface area contributed by atoms with Gasteiger partial charge in [-0.1, -0.05) is 12.1 Å². The molecular weight excluding hydrogens is 368 g/mol. The number of primary amides is 1. The number of aromatic nitrogens is 4. The van der Waals surface area contributed by atoms with Crippen LogP contribution < -0.4 is 5.73 Å². The second-order valence-corrected chi connectivity index (χ2v) is 7.45. The van der Waals surface area contributed by atoms with Gasteiger partial charge in [-0.25, -0.2) is 9.97 Å². The molecule has 0 unspecified atom stereocenters. The summed E-state index contributed by atoms with van der Waals surface area (Å²) in [5.41, 5.74) is 8.59. The van der Waals surface area contributed by atoms with Crippen LogP contribution in [0.25, 0.3) is 11.4 Å². The van der Waals surface area contributed by atoms with E-state index in [2.05, 4.69) is 15.0 Å². The summed E-state index contributed by atoms with van der Waals surface area (Å²) in [6.07, 6.45) is 4.81. The third-order valence-electron chi connectivity index (χ3n) is 5.43. The molecule has 1 atom stereocenters. The molecule has 2 aromatic heterocycles. The van der Waals surface area contributed by atoms with Gasteiger partial charge in [-0.15, -0.1) is 0 Å². The highest BCUT2D eigenvalue weighted by atomic mass is 16.2. The summed E-state index contributed by atoms with van der Waals surface area (Å²) in [5, 5.41) is 0. The fraction of sp³-hybridized carbons (Fsp3) is 0.333. The molecule has 3 aromatic rings. The first-order valence-electron chi connectivity index (χ1n) is 9.67. The molecule has 2 amide bonds. The van der Waals surface area contributed by atoms with Crippen LogP contribution in [0, 0.1) is 6.92 Å². The monoisotopic (exact) mass is 392 g/mol. The summed E-state index contributed by atoms with van der Waals surface area (Å²) in [4.78, 5) is 38.2. The summed E-state index contributed by atoms with van der Waals surface area (Å²) in [6, 6.07) is 7.08. The molecular formula is C21H24N6O2. The average Bonchev–Trinajstić information content (AvgIpc) is 3.33. The van der Waals surface area contributed by atoms with Crippen molar-refractivity contribution in [2.45, 2.75) is 39.3 Å². The lowest BCUT2D eigenvalue weighted by Gasteiger charge is -2.27. The zero-order chi connectivity index (χ0) is 20.5. The number of H-pyrrole nitrogens is 1. The number of carbonyl (C=O) groups excluding carboxylic acids is 2. The molecule has 0 bridgehead atoms. The van der Waals surface area contributed by atoms with Gasteiger partial charge in [-0.3, -0.25) is 9.59 Å². The molecule has 29 heavy (non-hydrogen) atoms. The normalized spacial score (nSPS) is 14.5. The van der Waals surface area contributed by atoms with Gasteiger partial charge in [0.1, 0.15) is 11.6 Å². The Bertz CT molecular complexity index is 1050. The van der Waals surface area contributed by atoms with Crippen molar-refractivity contribution in [2.75, 3.05) is 6.54 Å². The summed E-state index contributed by atoms with van der Waals surface area (Å²) < 4.78 is 2.03. The van der Waals surface area contributed by atoms with Crippen molar-refractivity contribution in [1.29, 1.82) is 0 Å². The fourth-order valence-corrected chi connectivity index (χ4v) is 3.77. The van der Waals surface area contributed by atoms with Crippen molar-refractivity contribution >= 4 is 11.8 Å². The zero-order valence-corrected chi connectivity index (χ0v) is 16.6. The predicted molar refractivity (Wildman–Crippen MR) is 108 cm³/mol. The highest BCUT2D eigenvalue weighted by molar-refractivity contribution is 5.93. The number of aromatic amines is 1. The number of amides is 2. The molecule has 150 valence electrons. The second-order valence-electron chi connectivity index (χ2n) is 7.45. The Morgan fingerprint density at radius 2 is 2.03 bits per heavy atom. The van der Waals surface area contributed by atoms with Crippen LogP contribution in [0.2, 0.25) is 0 Å². The number of imidazole rings is 2. The third kappa shape index (κ3) is 3.78. The van der Waals surface area contributed by atoms with Gasteiger partial charge < -0.3 is 20.2 Å². The third-order valence-corrected chi connectivity index (χ3v) is 5.43. The number of rotatable bonds is 5. The van der Waals surface area contributed by atoms with Gasteiger partial charge >= 0.3 is 0 Å². The Balaban J connectivity index is 1.45. The molecule has 0 saturated carbocycles. The summed E-state index contributed by atoms with van der Waals surface area (Å²) in [6.45, 7) is 5.16. The first-order valence-corrected chi connectivity index (χ1v) is 9.67. The number of fused-ring (bicyclic) bond motifs is 1. The lowest BCUT2D eigenvalue weighted by molar-refractivity contribution is -0.132. The maximum atomic E-state index is 12.8. The van der Waals surface area contributed by atoms with Crippen LogP contribution in [0.3, 0.4) is 0 Å². The minimum absolute atomic E-state index is 0.0625. The van der Waals surface area contributed by atoms with E-state index in [1.165, 1.54) is 0 Å². The number of nitrogens with zero attached hydrogens (tertiary/aromatic N) is 4. The molecule has 3 heterocycles. The molecule has 8 nitrogen and oxygen atoms in total. The van der Waals surface area contributed by atoms with Gasteiger partial charge in [0, 0.05) is 48.9 Å². The van der Waals surface area contributed by atoms with Crippen LogP contribution >= 0.6 is 0 Å². The molecule has 3 N–H and O–H groups in total. The van der Waals surface area contributed by atoms with Gasteiger partial charge in [0.05, 0.1) is 17.9 Å². The Morgan fingerprint density at radius 3 is 2.69 bits per heavy atom. The van der Waals surface area contributed by atoms with Gasteiger partial charge in [0.25, 0.3) is 0 Å². The number of nitrogens with one attached hydrogen (secondary N) is 1. The Morgan fingerprint density at radius 1 is 1.28 bits per heavy atom. The predicted octanol–water partition coefficient (Wildman–Crippen LogP) is 2.22. The standard InChI is InChI=1S/C21H24N6O2/c1-13(27-10-8-23-14(27)2)11-19(28)26-9-7-17-18(12-26)25-21(24-17)16-5-3-15(4-6-16)20(22)29/h3-6,8,10,13H,7,9,11-12H2,1-2H3,(H2,22,29)(H,24,25)/t13-/m0/s1. The molecule has 0 fully saturated rings. The van der Waals surface area contributed by atoms with Crippen molar-refractivity contribution in [1.82, 2.24) is 24.4 Å². The molecule has 1 aromatic carbocycles. The van der Waals surface area contributed by atoms with E-state index in [-0.39, 0.29) is 11.9 Å².